The Morgan fingerprint density at radius 3 is 1.94 bits per heavy atom. The van der Waals surface area contributed by atoms with E-state index in [1.54, 1.807) is 36.4 Å². The standard InChI is InChI=1S/C24H17Cl2F2NO3/c1-31-21-7-12(25)3-5-14(21)23(15-6-4-13(26)8-22(15)32-2)24(30)17-11-29-20-10-19(28)18(27)9-16(17)20/h3-11,23,29H,1-2H3. The molecule has 0 aliphatic rings. The number of nitrogens with one attached hydrogen (secondary N) is 1. The van der Waals surface area contributed by atoms with E-state index >= 15 is 0 Å². The van der Waals surface area contributed by atoms with Gasteiger partial charge in [0.2, 0.25) is 0 Å². The number of hydrogen-bond donors (Lipinski definition) is 1. The van der Waals surface area contributed by atoms with Crippen molar-refractivity contribution in [2.75, 3.05) is 14.2 Å². The van der Waals surface area contributed by atoms with Gasteiger partial charge in [-0.1, -0.05) is 35.3 Å². The molecule has 1 heterocycles. The summed E-state index contributed by atoms with van der Waals surface area (Å²) < 4.78 is 38.6. The van der Waals surface area contributed by atoms with Crippen LogP contribution in [0, 0.1) is 11.6 Å². The van der Waals surface area contributed by atoms with Gasteiger partial charge in [0, 0.05) is 49.9 Å². The molecule has 8 heteroatoms. The van der Waals surface area contributed by atoms with E-state index in [0.29, 0.717) is 38.2 Å². The Kier molecular flexibility index (Phi) is 6.09. The predicted octanol–water partition coefficient (Wildman–Crippen LogP) is 6.78. The van der Waals surface area contributed by atoms with Crippen LogP contribution in [0.25, 0.3) is 10.9 Å². The highest BCUT2D eigenvalue weighted by atomic mass is 35.5. The molecule has 164 valence electrons. The predicted molar refractivity (Wildman–Crippen MR) is 120 cm³/mol. The topological polar surface area (TPSA) is 51.3 Å². The highest BCUT2D eigenvalue weighted by molar-refractivity contribution is 6.31. The van der Waals surface area contributed by atoms with Crippen molar-refractivity contribution in [3.63, 3.8) is 0 Å². The van der Waals surface area contributed by atoms with Crippen molar-refractivity contribution < 1.29 is 23.0 Å². The molecule has 0 bridgehead atoms. The number of halogens is 4. The van der Waals surface area contributed by atoms with Crippen molar-refractivity contribution in [2.45, 2.75) is 5.92 Å². The zero-order valence-electron chi connectivity index (χ0n) is 17.0. The summed E-state index contributed by atoms with van der Waals surface area (Å²) >= 11 is 12.3. The van der Waals surface area contributed by atoms with Crippen molar-refractivity contribution in [1.82, 2.24) is 4.98 Å². The normalized spacial score (nSPS) is 11.2. The number of fused-ring (bicyclic) bond motifs is 1. The zero-order chi connectivity index (χ0) is 23.0. The molecule has 32 heavy (non-hydrogen) atoms. The first-order valence-electron chi connectivity index (χ1n) is 9.51. The van der Waals surface area contributed by atoms with Gasteiger partial charge in [-0.25, -0.2) is 8.78 Å². The van der Waals surface area contributed by atoms with E-state index in [4.69, 9.17) is 32.7 Å². The number of Topliss-reactive ketones (excluding diaryl/α,β-unsaturated/α-hetero) is 1. The van der Waals surface area contributed by atoms with Gasteiger partial charge in [-0.3, -0.25) is 4.79 Å². The lowest BCUT2D eigenvalue weighted by Gasteiger charge is -2.22. The summed E-state index contributed by atoms with van der Waals surface area (Å²) in [6.07, 6.45) is 1.43. The van der Waals surface area contributed by atoms with Gasteiger partial charge in [-0.2, -0.15) is 0 Å². The fraction of sp³-hybridized carbons (Fsp3) is 0.125. The second-order valence-electron chi connectivity index (χ2n) is 7.08. The molecule has 0 fully saturated rings. The van der Waals surface area contributed by atoms with Crippen LogP contribution in [-0.2, 0) is 0 Å². The second kappa shape index (κ2) is 8.81. The van der Waals surface area contributed by atoms with Gasteiger partial charge < -0.3 is 14.5 Å². The molecule has 4 aromatic rings. The summed E-state index contributed by atoms with van der Waals surface area (Å²) in [7, 11) is 2.94. The van der Waals surface area contributed by atoms with Crippen LogP contribution in [0.3, 0.4) is 0 Å². The van der Waals surface area contributed by atoms with E-state index in [2.05, 4.69) is 4.98 Å². The van der Waals surface area contributed by atoms with Gasteiger partial charge in [0.15, 0.2) is 17.4 Å². The maximum atomic E-state index is 14.0. The number of carbonyl (C=O) groups excluding carboxylic acids is 1. The number of aromatic nitrogens is 1. The molecule has 4 rings (SSSR count). The van der Waals surface area contributed by atoms with Crippen molar-refractivity contribution >= 4 is 39.9 Å². The minimum Gasteiger partial charge on any atom is -0.496 e. The molecular formula is C24H17Cl2F2NO3. The third-order valence-corrected chi connectivity index (χ3v) is 5.73. The van der Waals surface area contributed by atoms with Crippen LogP contribution < -0.4 is 9.47 Å². The molecule has 1 N–H and O–H groups in total. The number of hydrogen-bond acceptors (Lipinski definition) is 3. The molecule has 0 saturated carbocycles. The molecule has 0 spiro atoms. The Bertz CT molecular complexity index is 1280. The smallest absolute Gasteiger partial charge is 0.177 e. The summed E-state index contributed by atoms with van der Waals surface area (Å²) in [6.45, 7) is 0. The van der Waals surface area contributed by atoms with Crippen LogP contribution >= 0.6 is 23.2 Å². The van der Waals surface area contributed by atoms with E-state index in [1.165, 1.54) is 20.4 Å². The van der Waals surface area contributed by atoms with Crippen molar-refractivity contribution in [1.29, 1.82) is 0 Å². The zero-order valence-corrected chi connectivity index (χ0v) is 18.5. The van der Waals surface area contributed by atoms with Crippen LogP contribution in [0.2, 0.25) is 10.0 Å². The summed E-state index contributed by atoms with van der Waals surface area (Å²) in [5.74, 6) is -2.54. The van der Waals surface area contributed by atoms with Gasteiger partial charge >= 0.3 is 0 Å². The lowest BCUT2D eigenvalue weighted by Crippen LogP contribution is -2.16. The van der Waals surface area contributed by atoms with Crippen LogP contribution in [0.5, 0.6) is 11.5 Å². The average molecular weight is 476 g/mol. The molecule has 4 nitrogen and oxygen atoms in total. The van der Waals surface area contributed by atoms with Crippen LogP contribution in [0.15, 0.2) is 54.7 Å². The fourth-order valence-corrected chi connectivity index (χ4v) is 4.10. The molecule has 0 unspecified atom stereocenters. The second-order valence-corrected chi connectivity index (χ2v) is 7.96. The Morgan fingerprint density at radius 2 is 1.41 bits per heavy atom. The van der Waals surface area contributed by atoms with E-state index in [0.717, 1.165) is 12.1 Å². The molecule has 0 aliphatic heterocycles. The first kappa shape index (κ1) is 22.1. The molecular weight excluding hydrogens is 459 g/mol. The van der Waals surface area contributed by atoms with E-state index < -0.39 is 17.6 Å². The molecule has 0 amide bonds. The van der Waals surface area contributed by atoms with Gasteiger partial charge in [0.1, 0.15) is 11.5 Å². The van der Waals surface area contributed by atoms with Crippen molar-refractivity contribution in [3.05, 3.63) is 93.1 Å². The van der Waals surface area contributed by atoms with Gasteiger partial charge in [0.25, 0.3) is 0 Å². The Morgan fingerprint density at radius 1 is 0.875 bits per heavy atom. The number of rotatable bonds is 6. The van der Waals surface area contributed by atoms with Crippen LogP contribution in [0.4, 0.5) is 8.78 Å². The summed E-state index contributed by atoms with van der Waals surface area (Å²) in [5.41, 5.74) is 1.55. The molecule has 0 saturated heterocycles. The average Bonchev–Trinajstić information content (AvgIpc) is 3.18. The van der Waals surface area contributed by atoms with Gasteiger partial charge in [-0.05, 0) is 30.3 Å². The summed E-state index contributed by atoms with van der Waals surface area (Å²) in [6, 6.07) is 11.9. The highest BCUT2D eigenvalue weighted by Gasteiger charge is 2.31. The van der Waals surface area contributed by atoms with Crippen LogP contribution in [-0.4, -0.2) is 25.0 Å². The quantitative estimate of drug-likeness (QED) is 0.312. The van der Waals surface area contributed by atoms with E-state index in [1.807, 2.05) is 0 Å². The maximum Gasteiger partial charge on any atom is 0.177 e. The Labute approximate surface area is 192 Å². The number of ether oxygens (including phenoxy) is 2. The lowest BCUT2D eigenvalue weighted by molar-refractivity contribution is 0.0973. The summed E-state index contributed by atoms with van der Waals surface area (Å²) in [5, 5.41) is 1.13. The number of aromatic amines is 1. The van der Waals surface area contributed by atoms with Crippen molar-refractivity contribution in [3.8, 4) is 11.5 Å². The van der Waals surface area contributed by atoms with Gasteiger partial charge in [-0.15, -0.1) is 0 Å². The third kappa shape index (κ3) is 3.92. The van der Waals surface area contributed by atoms with Gasteiger partial charge in [0.05, 0.1) is 20.1 Å². The first-order valence-corrected chi connectivity index (χ1v) is 10.3. The first-order chi connectivity index (χ1) is 15.3. The van der Waals surface area contributed by atoms with E-state index in [-0.39, 0.29) is 16.7 Å². The Hall–Kier alpha value is -3.09. The minimum absolute atomic E-state index is 0.193. The fourth-order valence-electron chi connectivity index (χ4n) is 3.77. The number of benzene rings is 3. The summed E-state index contributed by atoms with van der Waals surface area (Å²) in [4.78, 5) is 16.7. The number of H-pyrrole nitrogens is 1. The highest BCUT2D eigenvalue weighted by Crippen LogP contribution is 2.41. The molecule has 1 aromatic heterocycles. The molecule has 3 aromatic carbocycles. The Balaban J connectivity index is 1.97. The minimum atomic E-state index is -1.05. The molecule has 0 atom stereocenters. The maximum absolute atomic E-state index is 14.0. The van der Waals surface area contributed by atoms with Crippen LogP contribution in [0.1, 0.15) is 27.4 Å². The SMILES string of the molecule is COc1cc(Cl)ccc1C(C(=O)c1c[nH]c2cc(F)c(F)cc12)c1ccc(Cl)cc1OC. The van der Waals surface area contributed by atoms with Crippen molar-refractivity contribution in [2.24, 2.45) is 0 Å². The van der Waals surface area contributed by atoms with E-state index in [9.17, 15) is 13.6 Å². The monoisotopic (exact) mass is 475 g/mol. The molecule has 0 radical (unpaired) electrons. The lowest BCUT2D eigenvalue weighted by atomic mass is 9.83. The number of carbonyl (C=O) groups is 1. The number of methoxy groups -OCH3 is 2. The third-order valence-electron chi connectivity index (χ3n) is 5.26. The number of ketones is 1. The largest absolute Gasteiger partial charge is 0.496 e. The molecule has 0 aliphatic carbocycles.